The molecular weight excluding hydrogens is 364 g/mol. The molecule has 0 radical (unpaired) electrons. The van der Waals surface area contributed by atoms with Gasteiger partial charge in [0.1, 0.15) is 5.76 Å². The highest BCUT2D eigenvalue weighted by atomic mass is 32.2. The monoisotopic (exact) mass is 388 g/mol. The van der Waals surface area contributed by atoms with E-state index < -0.39 is 0 Å². The van der Waals surface area contributed by atoms with Gasteiger partial charge in [-0.15, -0.1) is 11.8 Å². The molecule has 1 aromatic heterocycles. The summed E-state index contributed by atoms with van der Waals surface area (Å²) in [5, 5.41) is 6.76. The van der Waals surface area contributed by atoms with Crippen molar-refractivity contribution in [2.24, 2.45) is 0 Å². The molecule has 1 saturated heterocycles. The van der Waals surface area contributed by atoms with E-state index in [2.05, 4.69) is 15.4 Å². The summed E-state index contributed by atoms with van der Waals surface area (Å²) >= 11 is 1.52. The molecule has 0 aliphatic carbocycles. The fourth-order valence-corrected chi connectivity index (χ4v) is 3.75. The summed E-state index contributed by atoms with van der Waals surface area (Å²) in [4.78, 5) is 28.7. The van der Waals surface area contributed by atoms with Crippen molar-refractivity contribution in [2.75, 3.05) is 37.2 Å². The standard InChI is InChI=1S/C19H24N4O3S/c1-14-11-17(21-26-14)12-22-7-9-23(10-8-22)19(25)13-27-18-5-3-16(4-6-18)20-15(2)24/h3-6,11H,7-10,12-13H2,1-2H3,(H,20,24). The van der Waals surface area contributed by atoms with Gasteiger partial charge in [-0.2, -0.15) is 0 Å². The summed E-state index contributed by atoms with van der Waals surface area (Å²) in [5.41, 5.74) is 1.70. The number of nitrogens with zero attached hydrogens (tertiary/aromatic N) is 3. The van der Waals surface area contributed by atoms with E-state index in [0.717, 1.165) is 54.8 Å². The molecule has 0 saturated carbocycles. The fourth-order valence-electron chi connectivity index (χ4n) is 2.95. The quantitative estimate of drug-likeness (QED) is 0.766. The smallest absolute Gasteiger partial charge is 0.233 e. The van der Waals surface area contributed by atoms with Crippen LogP contribution in [0.2, 0.25) is 0 Å². The molecule has 0 spiro atoms. The largest absolute Gasteiger partial charge is 0.361 e. The molecule has 8 heteroatoms. The van der Waals surface area contributed by atoms with E-state index in [0.29, 0.717) is 5.75 Å². The predicted molar refractivity (Wildman–Crippen MR) is 105 cm³/mol. The molecule has 2 aromatic rings. The highest BCUT2D eigenvalue weighted by molar-refractivity contribution is 8.00. The van der Waals surface area contributed by atoms with Crippen molar-refractivity contribution in [1.29, 1.82) is 0 Å². The minimum Gasteiger partial charge on any atom is -0.361 e. The zero-order chi connectivity index (χ0) is 19.2. The number of benzene rings is 1. The molecular formula is C19H24N4O3S. The van der Waals surface area contributed by atoms with Crippen LogP contribution in [0.3, 0.4) is 0 Å². The third kappa shape index (κ3) is 5.83. The maximum Gasteiger partial charge on any atom is 0.233 e. The van der Waals surface area contributed by atoms with E-state index in [1.54, 1.807) is 0 Å². The number of thioether (sulfide) groups is 1. The Balaban J connectivity index is 1.41. The lowest BCUT2D eigenvalue weighted by molar-refractivity contribution is -0.130. The normalized spacial score (nSPS) is 15.0. The van der Waals surface area contributed by atoms with Crippen molar-refractivity contribution in [3.05, 3.63) is 41.8 Å². The highest BCUT2D eigenvalue weighted by Crippen LogP contribution is 2.21. The average molecular weight is 388 g/mol. The van der Waals surface area contributed by atoms with Crippen LogP contribution < -0.4 is 5.32 Å². The Morgan fingerprint density at radius 3 is 2.48 bits per heavy atom. The van der Waals surface area contributed by atoms with Crippen LogP contribution in [0.15, 0.2) is 39.8 Å². The number of hydrogen-bond acceptors (Lipinski definition) is 6. The summed E-state index contributed by atoms with van der Waals surface area (Å²) in [7, 11) is 0. The van der Waals surface area contributed by atoms with Gasteiger partial charge < -0.3 is 14.7 Å². The van der Waals surface area contributed by atoms with Gasteiger partial charge in [-0.05, 0) is 31.2 Å². The van der Waals surface area contributed by atoms with E-state index in [9.17, 15) is 9.59 Å². The molecule has 1 fully saturated rings. The average Bonchev–Trinajstić information content (AvgIpc) is 3.06. The first kappa shape index (κ1) is 19.4. The van der Waals surface area contributed by atoms with Crippen molar-refractivity contribution >= 4 is 29.3 Å². The Morgan fingerprint density at radius 1 is 1.19 bits per heavy atom. The van der Waals surface area contributed by atoms with E-state index in [1.165, 1.54) is 18.7 Å². The number of hydrogen-bond donors (Lipinski definition) is 1. The summed E-state index contributed by atoms with van der Waals surface area (Å²) in [6, 6.07) is 9.48. The summed E-state index contributed by atoms with van der Waals surface area (Å²) in [6.07, 6.45) is 0. The Labute approximate surface area is 163 Å². The van der Waals surface area contributed by atoms with Gasteiger partial charge in [0.15, 0.2) is 0 Å². The zero-order valence-corrected chi connectivity index (χ0v) is 16.4. The number of amides is 2. The second-order valence-electron chi connectivity index (χ2n) is 6.58. The third-order valence-electron chi connectivity index (χ3n) is 4.32. The second kappa shape index (κ2) is 9.05. The lowest BCUT2D eigenvalue weighted by Crippen LogP contribution is -2.48. The molecule has 2 amide bonds. The summed E-state index contributed by atoms with van der Waals surface area (Å²) in [6.45, 7) is 7.28. The summed E-state index contributed by atoms with van der Waals surface area (Å²) in [5.74, 6) is 1.30. The number of aryl methyl sites for hydroxylation is 1. The zero-order valence-electron chi connectivity index (χ0n) is 15.6. The van der Waals surface area contributed by atoms with Crippen molar-refractivity contribution in [3.63, 3.8) is 0 Å². The van der Waals surface area contributed by atoms with Gasteiger partial charge in [0, 0.05) is 56.3 Å². The van der Waals surface area contributed by atoms with Crippen LogP contribution >= 0.6 is 11.8 Å². The molecule has 0 atom stereocenters. The van der Waals surface area contributed by atoms with E-state index in [1.807, 2.05) is 42.2 Å². The number of piperazine rings is 1. The molecule has 1 aromatic carbocycles. The minimum atomic E-state index is -0.0941. The van der Waals surface area contributed by atoms with Gasteiger partial charge in [-0.1, -0.05) is 5.16 Å². The lowest BCUT2D eigenvalue weighted by atomic mass is 10.3. The van der Waals surface area contributed by atoms with E-state index >= 15 is 0 Å². The van der Waals surface area contributed by atoms with Crippen molar-refractivity contribution in [1.82, 2.24) is 15.0 Å². The van der Waals surface area contributed by atoms with Crippen molar-refractivity contribution in [2.45, 2.75) is 25.3 Å². The molecule has 2 heterocycles. The Bertz CT molecular complexity index is 783. The lowest BCUT2D eigenvalue weighted by Gasteiger charge is -2.34. The molecule has 3 rings (SSSR count). The number of anilines is 1. The Hall–Kier alpha value is -2.32. The molecule has 27 heavy (non-hydrogen) atoms. The molecule has 1 aliphatic rings. The molecule has 0 bridgehead atoms. The molecule has 7 nitrogen and oxygen atoms in total. The van der Waals surface area contributed by atoms with Gasteiger partial charge in [-0.25, -0.2) is 0 Å². The van der Waals surface area contributed by atoms with Crippen molar-refractivity contribution < 1.29 is 14.1 Å². The van der Waals surface area contributed by atoms with Gasteiger partial charge in [0.2, 0.25) is 11.8 Å². The molecule has 1 N–H and O–H groups in total. The van der Waals surface area contributed by atoms with E-state index in [4.69, 9.17) is 4.52 Å². The number of carbonyl (C=O) groups is 2. The Kier molecular flexibility index (Phi) is 6.52. The first-order chi connectivity index (χ1) is 13.0. The first-order valence-corrected chi connectivity index (χ1v) is 9.91. The maximum atomic E-state index is 12.5. The minimum absolute atomic E-state index is 0.0941. The van der Waals surface area contributed by atoms with Crippen LogP contribution in [-0.4, -0.2) is 58.7 Å². The highest BCUT2D eigenvalue weighted by Gasteiger charge is 2.21. The number of nitrogens with one attached hydrogen (secondary N) is 1. The molecule has 1 aliphatic heterocycles. The number of carbonyl (C=O) groups excluding carboxylic acids is 2. The van der Waals surface area contributed by atoms with Crippen LogP contribution in [0.4, 0.5) is 5.69 Å². The van der Waals surface area contributed by atoms with Crippen LogP contribution in [0.25, 0.3) is 0 Å². The Morgan fingerprint density at radius 2 is 1.89 bits per heavy atom. The van der Waals surface area contributed by atoms with Gasteiger partial charge in [0.25, 0.3) is 0 Å². The third-order valence-corrected chi connectivity index (χ3v) is 5.32. The van der Waals surface area contributed by atoms with Crippen LogP contribution in [0.1, 0.15) is 18.4 Å². The number of rotatable bonds is 6. The van der Waals surface area contributed by atoms with Gasteiger partial charge in [-0.3, -0.25) is 14.5 Å². The van der Waals surface area contributed by atoms with E-state index in [-0.39, 0.29) is 11.8 Å². The summed E-state index contributed by atoms with van der Waals surface area (Å²) < 4.78 is 5.10. The fraction of sp³-hybridized carbons (Fsp3) is 0.421. The number of aromatic nitrogens is 1. The molecule has 144 valence electrons. The van der Waals surface area contributed by atoms with Crippen LogP contribution in [0, 0.1) is 6.92 Å². The van der Waals surface area contributed by atoms with Crippen LogP contribution in [0.5, 0.6) is 0 Å². The van der Waals surface area contributed by atoms with Crippen molar-refractivity contribution in [3.8, 4) is 0 Å². The SMILES string of the molecule is CC(=O)Nc1ccc(SCC(=O)N2CCN(Cc3cc(C)on3)CC2)cc1. The van der Waals surface area contributed by atoms with Crippen LogP contribution in [-0.2, 0) is 16.1 Å². The maximum absolute atomic E-state index is 12.5. The van der Waals surface area contributed by atoms with Gasteiger partial charge in [0.05, 0.1) is 11.4 Å². The molecule has 0 unspecified atom stereocenters. The second-order valence-corrected chi connectivity index (χ2v) is 7.63. The van der Waals surface area contributed by atoms with Gasteiger partial charge >= 0.3 is 0 Å². The predicted octanol–water partition coefficient (Wildman–Crippen LogP) is 2.38. The topological polar surface area (TPSA) is 78.7 Å². The first-order valence-electron chi connectivity index (χ1n) is 8.92.